The second-order valence-electron chi connectivity index (χ2n) is 3.51. The number of halogens is 2. The maximum atomic E-state index is 12.4. The molecule has 1 aromatic rings. The number of alkyl halides is 2. The van der Waals surface area contributed by atoms with Gasteiger partial charge in [0.15, 0.2) is 0 Å². The summed E-state index contributed by atoms with van der Waals surface area (Å²) in [6, 6.07) is 8.85. The predicted molar refractivity (Wildman–Crippen MR) is 62.7 cm³/mol. The van der Waals surface area contributed by atoms with E-state index in [0.29, 0.717) is 5.69 Å². The Morgan fingerprint density at radius 2 is 2.00 bits per heavy atom. The van der Waals surface area contributed by atoms with Crippen LogP contribution < -0.4 is 10.6 Å². The molecule has 3 N–H and O–H groups in total. The van der Waals surface area contributed by atoms with Crippen LogP contribution in [0.5, 0.6) is 0 Å². The van der Waals surface area contributed by atoms with E-state index in [-0.39, 0.29) is 25.3 Å². The average Bonchev–Trinajstić information content (AvgIpc) is 2.34. The number of oxime groups is 1. The predicted octanol–water partition coefficient (Wildman–Crippen LogP) is 1.89. The first-order valence-corrected chi connectivity index (χ1v) is 5.18. The first kappa shape index (κ1) is 13.2. The van der Waals surface area contributed by atoms with Crippen LogP contribution in [0.15, 0.2) is 35.5 Å². The summed E-state index contributed by atoms with van der Waals surface area (Å²) in [5, 5.41) is 11.2. The van der Waals surface area contributed by atoms with E-state index < -0.39 is 6.43 Å². The number of benzene rings is 1. The van der Waals surface area contributed by atoms with Crippen molar-refractivity contribution in [3.8, 4) is 0 Å². The molecule has 0 atom stereocenters. The Balaban J connectivity index is 2.67. The molecule has 4 nitrogen and oxygen atoms in total. The van der Waals surface area contributed by atoms with Crippen molar-refractivity contribution in [1.82, 2.24) is 0 Å². The van der Waals surface area contributed by atoms with Crippen LogP contribution >= 0.6 is 0 Å². The van der Waals surface area contributed by atoms with Crippen LogP contribution in [0.4, 0.5) is 14.5 Å². The van der Waals surface area contributed by atoms with Gasteiger partial charge in [0.25, 0.3) is 6.43 Å². The molecule has 1 aromatic carbocycles. The quantitative estimate of drug-likeness (QED) is 0.347. The molecular weight excluding hydrogens is 228 g/mol. The van der Waals surface area contributed by atoms with Crippen LogP contribution in [-0.4, -0.2) is 30.6 Å². The molecule has 0 unspecified atom stereocenters. The number of nitrogens with zero attached hydrogens (tertiary/aromatic N) is 2. The highest BCUT2D eigenvalue weighted by atomic mass is 19.3. The highest BCUT2D eigenvalue weighted by Crippen LogP contribution is 2.15. The van der Waals surface area contributed by atoms with Crippen molar-refractivity contribution in [2.45, 2.75) is 12.8 Å². The van der Waals surface area contributed by atoms with E-state index >= 15 is 0 Å². The third-order valence-corrected chi connectivity index (χ3v) is 2.25. The summed E-state index contributed by atoms with van der Waals surface area (Å²) < 4.78 is 24.8. The van der Waals surface area contributed by atoms with Gasteiger partial charge in [0.1, 0.15) is 5.84 Å². The molecule has 0 aliphatic heterocycles. The van der Waals surface area contributed by atoms with Gasteiger partial charge in [-0.15, -0.1) is 0 Å². The Hall–Kier alpha value is -1.85. The van der Waals surface area contributed by atoms with Gasteiger partial charge in [-0.05, 0) is 12.1 Å². The molecule has 0 saturated carbocycles. The minimum Gasteiger partial charge on any atom is -0.409 e. The third kappa shape index (κ3) is 4.67. The Morgan fingerprint density at radius 1 is 1.35 bits per heavy atom. The third-order valence-electron chi connectivity index (χ3n) is 2.25. The summed E-state index contributed by atoms with van der Waals surface area (Å²) in [7, 11) is 0. The second kappa shape index (κ2) is 6.67. The van der Waals surface area contributed by atoms with Crippen LogP contribution in [-0.2, 0) is 0 Å². The van der Waals surface area contributed by atoms with Gasteiger partial charge in [0.05, 0.1) is 6.54 Å². The number of para-hydroxylation sites is 1. The van der Waals surface area contributed by atoms with E-state index in [1.165, 1.54) is 4.90 Å². The number of hydrogen-bond acceptors (Lipinski definition) is 3. The lowest BCUT2D eigenvalue weighted by molar-refractivity contribution is 0.155. The summed E-state index contributed by atoms with van der Waals surface area (Å²) in [4.78, 5) is 1.50. The number of nitrogens with two attached hydrogens (primary N) is 1. The molecule has 0 amide bonds. The van der Waals surface area contributed by atoms with Gasteiger partial charge < -0.3 is 15.8 Å². The average molecular weight is 243 g/mol. The van der Waals surface area contributed by atoms with E-state index in [1.54, 1.807) is 24.3 Å². The lowest BCUT2D eigenvalue weighted by Gasteiger charge is -2.24. The number of anilines is 1. The molecule has 6 heteroatoms. The highest BCUT2D eigenvalue weighted by molar-refractivity contribution is 5.80. The lowest BCUT2D eigenvalue weighted by atomic mass is 10.2. The minimum atomic E-state index is -2.43. The van der Waals surface area contributed by atoms with Crippen LogP contribution in [0.1, 0.15) is 6.42 Å². The van der Waals surface area contributed by atoms with Crippen molar-refractivity contribution >= 4 is 11.5 Å². The molecule has 0 radical (unpaired) electrons. The monoisotopic (exact) mass is 243 g/mol. The SMILES string of the molecule is N/C(CCN(CC(F)F)c1ccccc1)=N\O. The van der Waals surface area contributed by atoms with E-state index in [0.717, 1.165) is 0 Å². The van der Waals surface area contributed by atoms with E-state index in [9.17, 15) is 8.78 Å². The zero-order valence-electron chi connectivity index (χ0n) is 9.26. The summed E-state index contributed by atoms with van der Waals surface area (Å²) in [6.07, 6.45) is -2.19. The topological polar surface area (TPSA) is 61.8 Å². The maximum absolute atomic E-state index is 12.4. The summed E-state index contributed by atoms with van der Waals surface area (Å²) >= 11 is 0. The second-order valence-corrected chi connectivity index (χ2v) is 3.51. The van der Waals surface area contributed by atoms with Gasteiger partial charge >= 0.3 is 0 Å². The zero-order valence-corrected chi connectivity index (χ0v) is 9.26. The molecule has 0 bridgehead atoms. The first-order valence-electron chi connectivity index (χ1n) is 5.18. The van der Waals surface area contributed by atoms with Gasteiger partial charge in [-0.1, -0.05) is 23.4 Å². The Bertz CT molecular complexity index is 357. The summed E-state index contributed by atoms with van der Waals surface area (Å²) in [5.74, 6) is 0.0280. The molecular formula is C11H15F2N3O. The van der Waals surface area contributed by atoms with Crippen molar-refractivity contribution in [2.24, 2.45) is 10.9 Å². The van der Waals surface area contributed by atoms with E-state index in [1.807, 2.05) is 6.07 Å². The molecule has 0 aromatic heterocycles. The lowest BCUT2D eigenvalue weighted by Crippen LogP contribution is -2.32. The molecule has 0 aliphatic carbocycles. The first-order chi connectivity index (χ1) is 8.13. The van der Waals surface area contributed by atoms with Gasteiger partial charge in [-0.25, -0.2) is 8.78 Å². The van der Waals surface area contributed by atoms with Gasteiger partial charge in [-0.3, -0.25) is 0 Å². The largest absolute Gasteiger partial charge is 0.409 e. The molecule has 1 rings (SSSR count). The van der Waals surface area contributed by atoms with Gasteiger partial charge in [0.2, 0.25) is 0 Å². The van der Waals surface area contributed by atoms with Crippen molar-refractivity contribution in [1.29, 1.82) is 0 Å². The molecule has 0 fully saturated rings. The highest BCUT2D eigenvalue weighted by Gasteiger charge is 2.12. The Kier molecular flexibility index (Phi) is 5.19. The van der Waals surface area contributed by atoms with Crippen LogP contribution in [0, 0.1) is 0 Å². The standard InChI is InChI=1S/C11H15F2N3O/c12-10(13)8-16(7-6-11(14)15-17)9-4-2-1-3-5-9/h1-5,10,17H,6-8H2,(H2,14,15). The van der Waals surface area contributed by atoms with E-state index in [4.69, 9.17) is 10.9 Å². The summed E-state index contributed by atoms with van der Waals surface area (Å²) in [5.41, 5.74) is 6.01. The van der Waals surface area contributed by atoms with Gasteiger partial charge in [-0.2, -0.15) is 0 Å². The molecule has 0 spiro atoms. The minimum absolute atomic E-state index is 0.0280. The Labute approximate surface area is 98.3 Å². The van der Waals surface area contributed by atoms with Crippen LogP contribution in [0.2, 0.25) is 0 Å². The van der Waals surface area contributed by atoms with E-state index in [2.05, 4.69) is 5.16 Å². The molecule has 94 valence electrons. The fourth-order valence-corrected chi connectivity index (χ4v) is 1.43. The zero-order chi connectivity index (χ0) is 12.7. The maximum Gasteiger partial charge on any atom is 0.255 e. The Morgan fingerprint density at radius 3 is 2.53 bits per heavy atom. The van der Waals surface area contributed by atoms with Gasteiger partial charge in [0, 0.05) is 18.7 Å². The molecule has 0 saturated heterocycles. The van der Waals surface area contributed by atoms with Crippen molar-refractivity contribution in [3.05, 3.63) is 30.3 Å². The molecule has 0 heterocycles. The summed E-state index contributed by atoms with van der Waals surface area (Å²) in [6.45, 7) is -0.0903. The van der Waals surface area contributed by atoms with Crippen LogP contribution in [0.3, 0.4) is 0 Å². The van der Waals surface area contributed by atoms with Crippen molar-refractivity contribution in [3.63, 3.8) is 0 Å². The molecule has 17 heavy (non-hydrogen) atoms. The molecule has 0 aliphatic rings. The fourth-order valence-electron chi connectivity index (χ4n) is 1.43. The van der Waals surface area contributed by atoms with Crippen molar-refractivity contribution < 1.29 is 14.0 Å². The number of rotatable bonds is 6. The normalized spacial score (nSPS) is 11.8. The smallest absolute Gasteiger partial charge is 0.255 e. The number of amidine groups is 1. The fraction of sp³-hybridized carbons (Fsp3) is 0.364. The van der Waals surface area contributed by atoms with Crippen LogP contribution in [0.25, 0.3) is 0 Å². The number of hydrogen-bond donors (Lipinski definition) is 2. The van der Waals surface area contributed by atoms with Crippen molar-refractivity contribution in [2.75, 3.05) is 18.0 Å².